The van der Waals surface area contributed by atoms with Crippen molar-refractivity contribution < 1.29 is 14.7 Å². The van der Waals surface area contributed by atoms with Crippen LogP contribution in [0.2, 0.25) is 0 Å². The van der Waals surface area contributed by atoms with E-state index in [0.717, 1.165) is 30.4 Å². The van der Waals surface area contributed by atoms with E-state index in [-0.39, 0.29) is 12.5 Å². The monoisotopic (exact) mass is 289 g/mol. The van der Waals surface area contributed by atoms with Gasteiger partial charge in [-0.15, -0.1) is 0 Å². The number of carbonyl (C=O) groups excluding carboxylic acids is 1. The number of aryl methyl sites for hydroxylation is 1. The highest BCUT2D eigenvalue weighted by atomic mass is 16.4. The molecular formula is C17H23NO3. The van der Waals surface area contributed by atoms with E-state index in [1.165, 1.54) is 0 Å². The van der Waals surface area contributed by atoms with Crippen LogP contribution in [0.4, 0.5) is 0 Å². The molecule has 21 heavy (non-hydrogen) atoms. The highest BCUT2D eigenvalue weighted by molar-refractivity contribution is 5.90. The predicted molar refractivity (Wildman–Crippen MR) is 81.1 cm³/mol. The van der Waals surface area contributed by atoms with Crippen LogP contribution in [0.1, 0.15) is 37.3 Å². The zero-order valence-electron chi connectivity index (χ0n) is 12.9. The second-order valence-electron chi connectivity index (χ2n) is 6.18. The van der Waals surface area contributed by atoms with Gasteiger partial charge in [-0.2, -0.15) is 0 Å². The number of benzene rings is 1. The lowest BCUT2D eigenvalue weighted by molar-refractivity contribution is -0.145. The minimum Gasteiger partial charge on any atom is -0.481 e. The summed E-state index contributed by atoms with van der Waals surface area (Å²) in [5.41, 5.74) is 1.78. The van der Waals surface area contributed by atoms with Crippen LogP contribution in [0.5, 0.6) is 0 Å². The van der Waals surface area contributed by atoms with Crippen molar-refractivity contribution in [3.05, 3.63) is 35.4 Å². The molecule has 1 aliphatic rings. The molecule has 1 aliphatic carbocycles. The first-order chi connectivity index (χ1) is 9.88. The molecule has 0 heterocycles. The quantitative estimate of drug-likeness (QED) is 0.906. The summed E-state index contributed by atoms with van der Waals surface area (Å²) >= 11 is 0. The fourth-order valence-electron chi connectivity index (χ4n) is 3.18. The highest BCUT2D eigenvalue weighted by Crippen LogP contribution is 2.46. The summed E-state index contributed by atoms with van der Waals surface area (Å²) in [6.45, 7) is 3.91. The second-order valence-corrected chi connectivity index (χ2v) is 6.18. The Labute approximate surface area is 125 Å². The van der Waals surface area contributed by atoms with Crippen molar-refractivity contribution >= 4 is 11.9 Å². The minimum atomic E-state index is -0.867. The Morgan fingerprint density at radius 2 is 1.95 bits per heavy atom. The van der Waals surface area contributed by atoms with E-state index in [1.54, 1.807) is 18.9 Å². The lowest BCUT2D eigenvalue weighted by atomic mass is 9.62. The number of hydrogen-bond donors (Lipinski definition) is 1. The summed E-state index contributed by atoms with van der Waals surface area (Å²) in [6, 6.07) is 8.00. The predicted octanol–water partition coefficient (Wildman–Crippen LogP) is 2.60. The number of nitrogens with zero attached hydrogens (tertiary/aromatic N) is 1. The molecule has 1 aromatic carbocycles. The van der Waals surface area contributed by atoms with Crippen LogP contribution in [-0.4, -0.2) is 35.5 Å². The molecule has 1 amide bonds. The number of carboxylic acid groups (broad SMARTS) is 1. The van der Waals surface area contributed by atoms with Crippen LogP contribution in [0, 0.1) is 12.8 Å². The zero-order chi connectivity index (χ0) is 15.6. The Bertz CT molecular complexity index is 549. The van der Waals surface area contributed by atoms with Crippen molar-refractivity contribution in [3.8, 4) is 0 Å². The van der Waals surface area contributed by atoms with E-state index in [0.29, 0.717) is 0 Å². The van der Waals surface area contributed by atoms with Crippen molar-refractivity contribution in [2.45, 2.75) is 38.5 Å². The van der Waals surface area contributed by atoms with E-state index in [9.17, 15) is 9.59 Å². The largest absolute Gasteiger partial charge is 0.481 e. The summed E-state index contributed by atoms with van der Waals surface area (Å²) in [7, 11) is 1.71. The summed E-state index contributed by atoms with van der Waals surface area (Å²) < 4.78 is 0. The highest BCUT2D eigenvalue weighted by Gasteiger charge is 2.47. The fourth-order valence-corrected chi connectivity index (χ4v) is 3.18. The topological polar surface area (TPSA) is 57.6 Å². The molecule has 0 bridgehead atoms. The first-order valence-electron chi connectivity index (χ1n) is 7.43. The van der Waals surface area contributed by atoms with Gasteiger partial charge in [0.1, 0.15) is 0 Å². The van der Waals surface area contributed by atoms with Gasteiger partial charge in [0.15, 0.2) is 0 Å². The average Bonchev–Trinajstić information content (AvgIpc) is 2.39. The normalized spacial score (nSPS) is 17.7. The molecule has 1 N–H and O–H groups in total. The molecule has 114 valence electrons. The SMILES string of the molecule is Cc1ccccc1C1(C(=O)N(C)CC(C)C(=O)O)CCC1. The molecule has 2 rings (SSSR count). The molecule has 0 aromatic heterocycles. The number of rotatable bonds is 5. The van der Waals surface area contributed by atoms with Crippen molar-refractivity contribution in [2.75, 3.05) is 13.6 Å². The van der Waals surface area contributed by atoms with Gasteiger partial charge < -0.3 is 10.0 Å². The number of amides is 1. The minimum absolute atomic E-state index is 0.0520. The summed E-state index contributed by atoms with van der Waals surface area (Å²) in [5.74, 6) is -1.36. The Balaban J connectivity index is 2.23. The first kappa shape index (κ1) is 15.5. The third-order valence-corrected chi connectivity index (χ3v) is 4.59. The van der Waals surface area contributed by atoms with Gasteiger partial charge in [0, 0.05) is 13.6 Å². The van der Waals surface area contributed by atoms with Crippen molar-refractivity contribution in [3.63, 3.8) is 0 Å². The number of hydrogen-bond acceptors (Lipinski definition) is 2. The third-order valence-electron chi connectivity index (χ3n) is 4.59. The molecule has 1 aromatic rings. The average molecular weight is 289 g/mol. The van der Waals surface area contributed by atoms with Gasteiger partial charge in [0.25, 0.3) is 0 Å². The standard InChI is InChI=1S/C17H23NO3/c1-12-7-4-5-8-14(12)17(9-6-10-17)16(21)18(3)11-13(2)15(19)20/h4-5,7-8,13H,6,9-11H2,1-3H3,(H,19,20). The molecule has 4 nitrogen and oxygen atoms in total. The molecule has 1 saturated carbocycles. The van der Waals surface area contributed by atoms with E-state index in [1.807, 2.05) is 31.2 Å². The molecule has 0 aliphatic heterocycles. The van der Waals surface area contributed by atoms with Gasteiger partial charge in [0.05, 0.1) is 11.3 Å². The fraction of sp³-hybridized carbons (Fsp3) is 0.529. The summed E-state index contributed by atoms with van der Waals surface area (Å²) in [4.78, 5) is 25.5. The van der Waals surface area contributed by atoms with Gasteiger partial charge in [-0.3, -0.25) is 9.59 Å². The van der Waals surface area contributed by atoms with Crippen LogP contribution >= 0.6 is 0 Å². The van der Waals surface area contributed by atoms with Crippen LogP contribution in [0.3, 0.4) is 0 Å². The van der Waals surface area contributed by atoms with Crippen molar-refractivity contribution in [2.24, 2.45) is 5.92 Å². The van der Waals surface area contributed by atoms with Gasteiger partial charge in [-0.1, -0.05) is 37.6 Å². The Kier molecular flexibility index (Phi) is 4.35. The van der Waals surface area contributed by atoms with E-state index >= 15 is 0 Å². The molecule has 1 atom stereocenters. The van der Waals surface area contributed by atoms with Crippen molar-refractivity contribution in [1.29, 1.82) is 0 Å². The first-order valence-corrected chi connectivity index (χ1v) is 7.43. The number of carboxylic acids is 1. The van der Waals surface area contributed by atoms with Crippen LogP contribution < -0.4 is 0 Å². The lowest BCUT2D eigenvalue weighted by Gasteiger charge is -2.44. The maximum atomic E-state index is 12.9. The van der Waals surface area contributed by atoms with Gasteiger partial charge in [-0.05, 0) is 30.9 Å². The third kappa shape index (κ3) is 2.80. The Hall–Kier alpha value is -1.84. The maximum absolute atomic E-state index is 12.9. The Morgan fingerprint density at radius 1 is 1.33 bits per heavy atom. The van der Waals surface area contributed by atoms with Crippen LogP contribution in [0.15, 0.2) is 24.3 Å². The van der Waals surface area contributed by atoms with Gasteiger partial charge >= 0.3 is 5.97 Å². The van der Waals surface area contributed by atoms with E-state index in [2.05, 4.69) is 0 Å². The van der Waals surface area contributed by atoms with Crippen molar-refractivity contribution in [1.82, 2.24) is 4.90 Å². The zero-order valence-corrected chi connectivity index (χ0v) is 12.9. The number of carbonyl (C=O) groups is 2. The smallest absolute Gasteiger partial charge is 0.308 e. The van der Waals surface area contributed by atoms with Crippen LogP contribution in [0.25, 0.3) is 0 Å². The van der Waals surface area contributed by atoms with Gasteiger partial charge in [-0.25, -0.2) is 0 Å². The molecule has 0 saturated heterocycles. The molecule has 4 heteroatoms. The van der Waals surface area contributed by atoms with Crippen LogP contribution in [-0.2, 0) is 15.0 Å². The molecule has 0 radical (unpaired) electrons. The van der Waals surface area contributed by atoms with E-state index < -0.39 is 17.3 Å². The molecular weight excluding hydrogens is 266 g/mol. The summed E-state index contributed by atoms with van der Waals surface area (Å²) in [5, 5.41) is 9.01. The summed E-state index contributed by atoms with van der Waals surface area (Å²) in [6.07, 6.45) is 2.74. The maximum Gasteiger partial charge on any atom is 0.308 e. The molecule has 1 unspecified atom stereocenters. The molecule has 0 spiro atoms. The second kappa shape index (κ2) is 5.88. The lowest BCUT2D eigenvalue weighted by Crippen LogP contribution is -2.51. The van der Waals surface area contributed by atoms with Gasteiger partial charge in [0.2, 0.25) is 5.91 Å². The van der Waals surface area contributed by atoms with E-state index in [4.69, 9.17) is 5.11 Å². The Morgan fingerprint density at radius 3 is 2.43 bits per heavy atom. The number of aliphatic carboxylic acids is 1. The number of likely N-dealkylation sites (N-methyl/N-ethyl adjacent to an activating group) is 1. The molecule has 1 fully saturated rings.